The molecule has 0 radical (unpaired) electrons. The van der Waals surface area contributed by atoms with Crippen LogP contribution in [0.4, 0.5) is 10.1 Å². The summed E-state index contributed by atoms with van der Waals surface area (Å²) in [6, 6.07) is 9.46. The van der Waals surface area contributed by atoms with Crippen molar-refractivity contribution in [2.75, 3.05) is 11.4 Å². The molecule has 28 heavy (non-hydrogen) atoms. The number of hydrogen-bond acceptors (Lipinski definition) is 3. The molecule has 2 amide bonds. The number of nitrogens with zero attached hydrogens (tertiary/aromatic N) is 1. The molecular formula is C21H19ClFN3O2. The van der Waals surface area contributed by atoms with E-state index < -0.39 is 23.7 Å². The highest BCUT2D eigenvalue weighted by Gasteiger charge is 2.40. The molecule has 3 aromatic rings. The minimum absolute atomic E-state index is 0.0103. The Morgan fingerprint density at radius 2 is 2.07 bits per heavy atom. The molecule has 0 bridgehead atoms. The molecule has 1 fully saturated rings. The van der Waals surface area contributed by atoms with Crippen molar-refractivity contribution in [2.24, 2.45) is 0 Å². The monoisotopic (exact) mass is 399 g/mol. The van der Waals surface area contributed by atoms with Crippen LogP contribution in [0.5, 0.6) is 0 Å². The van der Waals surface area contributed by atoms with E-state index in [0.717, 1.165) is 26.9 Å². The van der Waals surface area contributed by atoms with Gasteiger partial charge in [0, 0.05) is 28.7 Å². The van der Waals surface area contributed by atoms with E-state index in [1.54, 1.807) is 13.0 Å². The Hall–Kier alpha value is -2.70. The summed E-state index contributed by atoms with van der Waals surface area (Å²) in [5, 5.41) is 4.82. The fourth-order valence-corrected chi connectivity index (χ4v) is 3.75. The van der Waals surface area contributed by atoms with Crippen LogP contribution in [0.3, 0.4) is 0 Å². The van der Waals surface area contributed by atoms with Crippen LogP contribution in [0, 0.1) is 12.7 Å². The van der Waals surface area contributed by atoms with E-state index in [0.29, 0.717) is 18.0 Å². The second-order valence-electron chi connectivity index (χ2n) is 6.99. The lowest BCUT2D eigenvalue weighted by molar-refractivity contribution is -0.121. The van der Waals surface area contributed by atoms with Crippen molar-refractivity contribution in [3.63, 3.8) is 0 Å². The Morgan fingerprint density at radius 1 is 1.25 bits per heavy atom. The molecule has 1 aromatic heterocycles. The van der Waals surface area contributed by atoms with Crippen molar-refractivity contribution in [2.45, 2.75) is 25.8 Å². The van der Waals surface area contributed by atoms with Gasteiger partial charge in [-0.15, -0.1) is 0 Å². The zero-order valence-electron chi connectivity index (χ0n) is 15.3. The standard InChI is InChI=1S/C21H19ClFN3O2/c1-12-2-5-19(16(23)8-12)26-20(27)10-18(21(26)28)24-7-6-13-11-25-17-4-3-14(22)9-15(13)17/h2-5,8-9,11,18,24-25H,6-7,10H2,1H3. The number of imide groups is 1. The predicted molar refractivity (Wildman–Crippen MR) is 107 cm³/mol. The first-order valence-electron chi connectivity index (χ1n) is 9.06. The molecule has 0 aliphatic carbocycles. The van der Waals surface area contributed by atoms with Gasteiger partial charge >= 0.3 is 0 Å². The molecule has 4 rings (SSSR count). The molecule has 1 aliphatic rings. The first kappa shape index (κ1) is 18.7. The van der Waals surface area contributed by atoms with Gasteiger partial charge in [0.2, 0.25) is 5.91 Å². The summed E-state index contributed by atoms with van der Waals surface area (Å²) in [6.07, 6.45) is 2.60. The molecule has 2 N–H and O–H groups in total. The Kier molecular flexibility index (Phi) is 4.91. The van der Waals surface area contributed by atoms with Gasteiger partial charge in [-0.25, -0.2) is 9.29 Å². The van der Waals surface area contributed by atoms with Gasteiger partial charge in [-0.2, -0.15) is 0 Å². The van der Waals surface area contributed by atoms with Gasteiger partial charge in [0.15, 0.2) is 0 Å². The number of hydrogen-bond donors (Lipinski definition) is 2. The number of nitrogens with one attached hydrogen (secondary N) is 2. The molecular weight excluding hydrogens is 381 g/mol. The van der Waals surface area contributed by atoms with Crippen LogP contribution in [-0.4, -0.2) is 29.4 Å². The number of carbonyl (C=O) groups excluding carboxylic acids is 2. The average Bonchev–Trinajstić information content (AvgIpc) is 3.16. The highest BCUT2D eigenvalue weighted by atomic mass is 35.5. The van der Waals surface area contributed by atoms with Crippen LogP contribution in [0.15, 0.2) is 42.6 Å². The molecule has 0 saturated carbocycles. The number of benzene rings is 2. The molecule has 5 nitrogen and oxygen atoms in total. The zero-order valence-corrected chi connectivity index (χ0v) is 16.0. The van der Waals surface area contributed by atoms with E-state index in [1.165, 1.54) is 12.1 Å². The average molecular weight is 400 g/mol. The molecule has 1 unspecified atom stereocenters. The van der Waals surface area contributed by atoms with E-state index in [9.17, 15) is 14.0 Å². The number of carbonyl (C=O) groups is 2. The number of amides is 2. The SMILES string of the molecule is Cc1ccc(N2C(=O)CC(NCCc3c[nH]c4ccc(Cl)cc34)C2=O)c(F)c1. The van der Waals surface area contributed by atoms with Crippen molar-refractivity contribution >= 4 is 40.0 Å². The number of fused-ring (bicyclic) bond motifs is 1. The topological polar surface area (TPSA) is 65.2 Å². The van der Waals surface area contributed by atoms with Crippen LogP contribution in [0.1, 0.15) is 17.5 Å². The maximum absolute atomic E-state index is 14.2. The van der Waals surface area contributed by atoms with Crippen molar-refractivity contribution in [1.29, 1.82) is 0 Å². The third kappa shape index (κ3) is 3.41. The van der Waals surface area contributed by atoms with Gasteiger partial charge in [0.25, 0.3) is 5.91 Å². The summed E-state index contributed by atoms with van der Waals surface area (Å²) in [6.45, 7) is 2.26. The number of rotatable bonds is 5. The number of aryl methyl sites for hydroxylation is 1. The number of anilines is 1. The first-order chi connectivity index (χ1) is 13.4. The van der Waals surface area contributed by atoms with Crippen LogP contribution in [0.25, 0.3) is 10.9 Å². The summed E-state index contributed by atoms with van der Waals surface area (Å²) in [5.74, 6) is -1.39. The van der Waals surface area contributed by atoms with Crippen LogP contribution < -0.4 is 10.2 Å². The summed E-state index contributed by atoms with van der Waals surface area (Å²) in [5.41, 5.74) is 2.81. The van der Waals surface area contributed by atoms with Crippen LogP contribution in [-0.2, 0) is 16.0 Å². The Morgan fingerprint density at radius 3 is 2.86 bits per heavy atom. The Bertz CT molecular complexity index is 1080. The van der Waals surface area contributed by atoms with Crippen molar-refractivity contribution < 1.29 is 14.0 Å². The number of aromatic nitrogens is 1. The smallest absolute Gasteiger partial charge is 0.251 e. The quantitative estimate of drug-likeness (QED) is 0.642. The molecule has 1 atom stereocenters. The van der Waals surface area contributed by atoms with E-state index in [1.807, 2.05) is 24.4 Å². The third-order valence-electron chi connectivity index (χ3n) is 5.01. The molecule has 1 saturated heterocycles. The number of aromatic amines is 1. The highest BCUT2D eigenvalue weighted by molar-refractivity contribution is 6.31. The normalized spacial score (nSPS) is 17.1. The van der Waals surface area contributed by atoms with Crippen LogP contribution in [0.2, 0.25) is 5.02 Å². The van der Waals surface area contributed by atoms with Gasteiger partial charge in [0.1, 0.15) is 5.82 Å². The summed E-state index contributed by atoms with van der Waals surface area (Å²) < 4.78 is 14.2. The Labute approximate surface area is 166 Å². The lowest BCUT2D eigenvalue weighted by atomic mass is 10.1. The van der Waals surface area contributed by atoms with E-state index in [-0.39, 0.29) is 12.1 Å². The van der Waals surface area contributed by atoms with E-state index in [2.05, 4.69) is 10.3 Å². The van der Waals surface area contributed by atoms with Gasteiger partial charge in [-0.1, -0.05) is 17.7 Å². The number of H-pyrrole nitrogens is 1. The number of halogens is 2. The van der Waals surface area contributed by atoms with Gasteiger partial charge in [-0.3, -0.25) is 9.59 Å². The highest BCUT2D eigenvalue weighted by Crippen LogP contribution is 2.27. The third-order valence-corrected chi connectivity index (χ3v) is 5.24. The van der Waals surface area contributed by atoms with Crippen molar-refractivity contribution in [3.05, 3.63) is 64.6 Å². The summed E-state index contributed by atoms with van der Waals surface area (Å²) in [7, 11) is 0. The molecule has 2 heterocycles. The summed E-state index contributed by atoms with van der Waals surface area (Å²) >= 11 is 6.07. The van der Waals surface area contributed by atoms with Gasteiger partial charge in [-0.05, 0) is 54.8 Å². The van der Waals surface area contributed by atoms with Crippen molar-refractivity contribution in [3.8, 4) is 0 Å². The van der Waals surface area contributed by atoms with Gasteiger partial charge in [0.05, 0.1) is 18.2 Å². The lowest BCUT2D eigenvalue weighted by Crippen LogP contribution is -2.39. The fourth-order valence-electron chi connectivity index (χ4n) is 3.58. The minimum atomic E-state index is -0.651. The maximum Gasteiger partial charge on any atom is 0.251 e. The summed E-state index contributed by atoms with van der Waals surface area (Å²) in [4.78, 5) is 29.1. The molecule has 144 valence electrons. The minimum Gasteiger partial charge on any atom is -0.361 e. The molecule has 0 spiro atoms. The van der Waals surface area contributed by atoms with E-state index in [4.69, 9.17) is 11.6 Å². The molecule has 7 heteroatoms. The lowest BCUT2D eigenvalue weighted by Gasteiger charge is -2.16. The Balaban J connectivity index is 1.43. The zero-order chi connectivity index (χ0) is 19.8. The largest absolute Gasteiger partial charge is 0.361 e. The second kappa shape index (κ2) is 7.37. The van der Waals surface area contributed by atoms with Crippen molar-refractivity contribution in [1.82, 2.24) is 10.3 Å². The molecule has 1 aliphatic heterocycles. The van der Waals surface area contributed by atoms with E-state index >= 15 is 0 Å². The maximum atomic E-state index is 14.2. The fraction of sp³-hybridized carbons (Fsp3) is 0.238. The molecule has 2 aromatic carbocycles. The first-order valence-corrected chi connectivity index (χ1v) is 9.43. The van der Waals surface area contributed by atoms with Gasteiger partial charge < -0.3 is 10.3 Å². The van der Waals surface area contributed by atoms with Crippen LogP contribution >= 0.6 is 11.6 Å². The predicted octanol–water partition coefficient (Wildman–Crippen LogP) is 3.73. The second-order valence-corrected chi connectivity index (χ2v) is 7.42.